The summed E-state index contributed by atoms with van der Waals surface area (Å²) in [7, 11) is -2.36. The van der Waals surface area contributed by atoms with Gasteiger partial charge in [0.2, 0.25) is 5.91 Å². The highest BCUT2D eigenvalue weighted by Gasteiger charge is 2.32. The molecule has 0 aliphatic rings. The molecule has 0 spiro atoms. The highest BCUT2D eigenvalue weighted by molar-refractivity contribution is 7.93. The highest BCUT2D eigenvalue weighted by atomic mass is 35.5. The molecule has 2 aromatic carbocycles. The second-order valence-corrected chi connectivity index (χ2v) is 10.5. The van der Waals surface area contributed by atoms with Crippen molar-refractivity contribution < 1.29 is 13.2 Å². The minimum absolute atomic E-state index is 0.108. The zero-order valence-corrected chi connectivity index (χ0v) is 21.0. The van der Waals surface area contributed by atoms with Crippen molar-refractivity contribution in [1.29, 1.82) is 0 Å². The molecule has 0 aliphatic heterocycles. The van der Waals surface area contributed by atoms with Gasteiger partial charge >= 0.3 is 0 Å². The summed E-state index contributed by atoms with van der Waals surface area (Å²) in [6.45, 7) is 7.30. The normalized spacial score (nSPS) is 11.6. The Kier molecular flexibility index (Phi) is 7.49. The minimum atomic E-state index is -4.05. The number of benzene rings is 2. The average Bonchev–Trinajstić information content (AvgIpc) is 3.03. The fourth-order valence-electron chi connectivity index (χ4n) is 3.60. The zero-order valence-electron chi connectivity index (χ0n) is 19.5. The van der Waals surface area contributed by atoms with Gasteiger partial charge in [0.05, 0.1) is 17.1 Å². The smallest absolute Gasteiger partial charge is 0.268 e. The molecule has 3 aromatic rings. The van der Waals surface area contributed by atoms with Gasteiger partial charge < -0.3 is 5.32 Å². The Morgan fingerprint density at radius 1 is 1.12 bits per heavy atom. The standard InChI is InChI=1S/C24H29ClN4O3S/c1-16(2)19-10-12-21(13-11-19)29(33(31,32)24-17(3)27-28(5)18(24)4)15-23(30)26-14-20-8-6-7-9-22(20)25/h6-13,16H,14-15H2,1-5H3,(H,26,30). The summed E-state index contributed by atoms with van der Waals surface area (Å²) in [6.07, 6.45) is 0. The number of nitrogens with one attached hydrogen (secondary N) is 1. The molecule has 0 atom stereocenters. The van der Waals surface area contributed by atoms with Crippen LogP contribution in [0, 0.1) is 13.8 Å². The first-order chi connectivity index (χ1) is 15.5. The Morgan fingerprint density at radius 3 is 2.30 bits per heavy atom. The molecule has 0 fully saturated rings. The molecule has 7 nitrogen and oxygen atoms in total. The number of hydrogen-bond donors (Lipinski definition) is 1. The number of halogens is 1. The van der Waals surface area contributed by atoms with E-state index in [1.54, 1.807) is 45.2 Å². The average molecular weight is 489 g/mol. The highest BCUT2D eigenvalue weighted by Crippen LogP contribution is 2.29. The largest absolute Gasteiger partial charge is 0.350 e. The van der Waals surface area contributed by atoms with Crippen LogP contribution < -0.4 is 9.62 Å². The van der Waals surface area contributed by atoms with Crippen LogP contribution in [0.15, 0.2) is 53.4 Å². The number of sulfonamides is 1. The Hall–Kier alpha value is -2.84. The number of aromatic nitrogens is 2. The molecule has 0 aliphatic carbocycles. The van der Waals surface area contributed by atoms with Crippen molar-refractivity contribution in [2.45, 2.75) is 45.1 Å². The predicted molar refractivity (Wildman–Crippen MR) is 131 cm³/mol. The molecule has 33 heavy (non-hydrogen) atoms. The number of aryl methyl sites for hydroxylation is 2. The molecule has 0 unspecified atom stereocenters. The van der Waals surface area contributed by atoms with E-state index < -0.39 is 15.9 Å². The van der Waals surface area contributed by atoms with Crippen LogP contribution in [0.3, 0.4) is 0 Å². The third-order valence-electron chi connectivity index (χ3n) is 5.56. The van der Waals surface area contributed by atoms with E-state index in [2.05, 4.69) is 24.3 Å². The fraction of sp³-hybridized carbons (Fsp3) is 0.333. The molecule has 0 radical (unpaired) electrons. The molecule has 3 rings (SSSR count). The number of amides is 1. The summed E-state index contributed by atoms with van der Waals surface area (Å²) >= 11 is 6.17. The first-order valence-corrected chi connectivity index (χ1v) is 12.5. The molecular formula is C24H29ClN4O3S. The van der Waals surface area contributed by atoms with Crippen molar-refractivity contribution in [2.75, 3.05) is 10.8 Å². The van der Waals surface area contributed by atoms with Crippen LogP contribution in [0.1, 0.15) is 42.3 Å². The summed E-state index contributed by atoms with van der Waals surface area (Å²) < 4.78 is 30.1. The lowest BCUT2D eigenvalue weighted by atomic mass is 10.0. The molecule has 0 bridgehead atoms. The van der Waals surface area contributed by atoms with Gasteiger partial charge in [0.25, 0.3) is 10.0 Å². The van der Waals surface area contributed by atoms with E-state index in [1.807, 2.05) is 24.3 Å². The molecule has 0 saturated heterocycles. The van der Waals surface area contributed by atoms with Gasteiger partial charge in [0.1, 0.15) is 11.4 Å². The molecular weight excluding hydrogens is 460 g/mol. The number of carbonyl (C=O) groups excluding carboxylic acids is 1. The van der Waals surface area contributed by atoms with E-state index in [9.17, 15) is 13.2 Å². The van der Waals surface area contributed by atoms with Crippen molar-refractivity contribution in [3.05, 3.63) is 76.1 Å². The summed E-state index contributed by atoms with van der Waals surface area (Å²) in [5.74, 6) is -0.142. The lowest BCUT2D eigenvalue weighted by Gasteiger charge is -2.25. The number of rotatable bonds is 8. The van der Waals surface area contributed by atoms with Crippen molar-refractivity contribution in [3.8, 4) is 0 Å². The quantitative estimate of drug-likeness (QED) is 0.511. The Morgan fingerprint density at radius 2 is 1.76 bits per heavy atom. The third-order valence-corrected chi connectivity index (χ3v) is 7.96. The maximum atomic E-state index is 13.7. The van der Waals surface area contributed by atoms with E-state index in [0.717, 1.165) is 15.4 Å². The minimum Gasteiger partial charge on any atom is -0.350 e. The van der Waals surface area contributed by atoms with Crippen LogP contribution >= 0.6 is 11.6 Å². The van der Waals surface area contributed by atoms with Crippen LogP contribution in [-0.4, -0.2) is 30.7 Å². The number of hydrogen-bond acceptors (Lipinski definition) is 4. The number of anilines is 1. The molecule has 1 heterocycles. The van der Waals surface area contributed by atoms with Crippen molar-refractivity contribution in [3.63, 3.8) is 0 Å². The summed E-state index contributed by atoms with van der Waals surface area (Å²) in [5.41, 5.74) is 3.13. The van der Waals surface area contributed by atoms with E-state index in [4.69, 9.17) is 11.6 Å². The van der Waals surface area contributed by atoms with Crippen LogP contribution in [0.5, 0.6) is 0 Å². The van der Waals surface area contributed by atoms with Crippen LogP contribution in [0.2, 0.25) is 5.02 Å². The van der Waals surface area contributed by atoms with Gasteiger partial charge in [-0.05, 0) is 49.1 Å². The molecule has 1 amide bonds. The first-order valence-electron chi connectivity index (χ1n) is 10.7. The van der Waals surface area contributed by atoms with Gasteiger partial charge in [-0.3, -0.25) is 13.8 Å². The van der Waals surface area contributed by atoms with E-state index in [1.165, 1.54) is 4.68 Å². The number of carbonyl (C=O) groups is 1. The lowest BCUT2D eigenvalue weighted by Crippen LogP contribution is -2.41. The topological polar surface area (TPSA) is 84.3 Å². The molecule has 176 valence electrons. The van der Waals surface area contributed by atoms with Gasteiger partial charge in [-0.25, -0.2) is 8.42 Å². The molecule has 1 aromatic heterocycles. The Balaban J connectivity index is 1.95. The van der Waals surface area contributed by atoms with E-state index >= 15 is 0 Å². The Labute approximate surface area is 200 Å². The van der Waals surface area contributed by atoms with Gasteiger partial charge in [-0.15, -0.1) is 0 Å². The van der Waals surface area contributed by atoms with Gasteiger partial charge in [-0.2, -0.15) is 5.10 Å². The predicted octanol–water partition coefficient (Wildman–Crippen LogP) is 4.33. The van der Waals surface area contributed by atoms with Crippen molar-refractivity contribution in [2.24, 2.45) is 7.05 Å². The second-order valence-electron chi connectivity index (χ2n) is 8.25. The second kappa shape index (κ2) is 9.97. The van der Waals surface area contributed by atoms with Gasteiger partial charge in [0.15, 0.2) is 0 Å². The molecule has 9 heteroatoms. The van der Waals surface area contributed by atoms with E-state index in [-0.39, 0.29) is 18.0 Å². The summed E-state index contributed by atoms with van der Waals surface area (Å²) in [6, 6.07) is 14.4. The van der Waals surface area contributed by atoms with Gasteiger partial charge in [-0.1, -0.05) is 55.8 Å². The summed E-state index contributed by atoms with van der Waals surface area (Å²) in [4.78, 5) is 13.0. The van der Waals surface area contributed by atoms with Crippen molar-refractivity contribution in [1.82, 2.24) is 15.1 Å². The first kappa shape index (κ1) is 24.8. The van der Waals surface area contributed by atoms with Crippen LogP contribution in [-0.2, 0) is 28.4 Å². The van der Waals surface area contributed by atoms with Crippen LogP contribution in [0.25, 0.3) is 0 Å². The van der Waals surface area contributed by atoms with Gasteiger partial charge in [0, 0.05) is 18.6 Å². The monoisotopic (exact) mass is 488 g/mol. The third kappa shape index (κ3) is 5.39. The molecule has 1 N–H and O–H groups in total. The maximum absolute atomic E-state index is 13.7. The van der Waals surface area contributed by atoms with Crippen molar-refractivity contribution >= 4 is 33.2 Å². The summed E-state index contributed by atoms with van der Waals surface area (Å²) in [5, 5.41) is 7.56. The van der Waals surface area contributed by atoms with E-state index in [0.29, 0.717) is 28.0 Å². The lowest BCUT2D eigenvalue weighted by molar-refractivity contribution is -0.119. The Bertz CT molecular complexity index is 1250. The number of nitrogens with zero attached hydrogens (tertiary/aromatic N) is 3. The fourth-order valence-corrected chi connectivity index (χ4v) is 5.63. The maximum Gasteiger partial charge on any atom is 0.268 e. The SMILES string of the molecule is Cc1nn(C)c(C)c1S(=O)(=O)N(CC(=O)NCc1ccccc1Cl)c1ccc(C(C)C)cc1. The van der Waals surface area contributed by atoms with Crippen LogP contribution in [0.4, 0.5) is 5.69 Å². The molecule has 0 saturated carbocycles. The zero-order chi connectivity index (χ0) is 24.3.